The quantitative estimate of drug-likeness (QED) is 0.322. The fourth-order valence-electron chi connectivity index (χ4n) is 4.63. The molecule has 4 amide bonds. The lowest BCUT2D eigenvalue weighted by atomic mass is 9.98. The normalized spacial score (nSPS) is 16.1. The minimum absolute atomic E-state index is 0.0725. The van der Waals surface area contributed by atoms with E-state index < -0.39 is 45.7 Å². The molecule has 2 aromatic rings. The third-order valence-corrected chi connectivity index (χ3v) is 7.68. The number of piperidine rings is 1. The predicted molar refractivity (Wildman–Crippen MR) is 152 cm³/mol. The number of carboxylic acid groups (broad SMARTS) is 1. The number of amides is 4. The number of nitrogens with zero attached hydrogens (tertiary/aromatic N) is 1. The van der Waals surface area contributed by atoms with Gasteiger partial charge < -0.3 is 26.0 Å². The van der Waals surface area contributed by atoms with Crippen molar-refractivity contribution in [3.63, 3.8) is 0 Å². The van der Waals surface area contributed by atoms with Crippen LogP contribution in [0.4, 0.5) is 16.2 Å². The van der Waals surface area contributed by atoms with Crippen LogP contribution in [-0.2, 0) is 30.6 Å². The summed E-state index contributed by atoms with van der Waals surface area (Å²) in [7, 11) is -3.40. The number of aliphatic carboxylic acids is 1. The average molecular weight is 573 g/mol. The number of anilines is 2. The minimum atomic E-state index is -3.40. The molecule has 2 unspecified atom stereocenters. The third kappa shape index (κ3) is 9.67. The summed E-state index contributed by atoms with van der Waals surface area (Å²) in [4.78, 5) is 51.4. The molecule has 3 rings (SSSR count). The molecule has 2 atom stereocenters. The number of hydrogen-bond donors (Lipinski definition) is 4. The molecule has 216 valence electrons. The first-order chi connectivity index (χ1) is 18.9. The van der Waals surface area contributed by atoms with Crippen molar-refractivity contribution >= 4 is 45.0 Å². The van der Waals surface area contributed by atoms with E-state index in [1.54, 1.807) is 30.3 Å². The fraction of sp³-hybridized carbons (Fsp3) is 0.429. The first-order valence-corrected chi connectivity index (χ1v) is 15.2. The molecule has 1 fully saturated rings. The maximum absolute atomic E-state index is 13.4. The van der Waals surface area contributed by atoms with E-state index in [0.29, 0.717) is 36.3 Å². The van der Waals surface area contributed by atoms with Gasteiger partial charge in [-0.2, -0.15) is 0 Å². The van der Waals surface area contributed by atoms with Crippen molar-refractivity contribution in [2.24, 2.45) is 0 Å². The van der Waals surface area contributed by atoms with Gasteiger partial charge in [-0.3, -0.25) is 14.4 Å². The number of urea groups is 1. The SMILES string of the molecule is Cc1ccccc1NC(=O)Nc1ccc(CC(=O)NC(CCS(C)(=O)=O)C(=O)N2CCCCC2CC(=O)O)cc1. The smallest absolute Gasteiger partial charge is 0.323 e. The van der Waals surface area contributed by atoms with Crippen molar-refractivity contribution < 1.29 is 32.7 Å². The summed E-state index contributed by atoms with van der Waals surface area (Å²) in [6.45, 7) is 2.24. The van der Waals surface area contributed by atoms with Crippen LogP contribution in [0.15, 0.2) is 48.5 Å². The second-order valence-corrected chi connectivity index (χ2v) is 12.3. The molecule has 0 saturated carbocycles. The number of nitrogens with one attached hydrogen (secondary N) is 3. The molecule has 40 heavy (non-hydrogen) atoms. The van der Waals surface area contributed by atoms with Gasteiger partial charge in [-0.05, 0) is 61.9 Å². The van der Waals surface area contributed by atoms with Crippen molar-refractivity contribution in [1.82, 2.24) is 10.2 Å². The van der Waals surface area contributed by atoms with E-state index in [9.17, 15) is 32.7 Å². The third-order valence-electron chi connectivity index (χ3n) is 6.70. The number of aryl methyl sites for hydroxylation is 1. The lowest BCUT2D eigenvalue weighted by molar-refractivity contribution is -0.144. The number of carboxylic acids is 1. The molecular weight excluding hydrogens is 536 g/mol. The van der Waals surface area contributed by atoms with Gasteiger partial charge in [-0.15, -0.1) is 0 Å². The van der Waals surface area contributed by atoms with Gasteiger partial charge >= 0.3 is 12.0 Å². The average Bonchev–Trinajstić information content (AvgIpc) is 2.88. The van der Waals surface area contributed by atoms with Crippen molar-refractivity contribution in [2.75, 3.05) is 29.2 Å². The molecule has 2 aromatic carbocycles. The molecule has 4 N–H and O–H groups in total. The summed E-state index contributed by atoms with van der Waals surface area (Å²) in [5.41, 5.74) is 2.75. The van der Waals surface area contributed by atoms with Gasteiger partial charge in [-0.1, -0.05) is 30.3 Å². The number of sulfone groups is 1. The molecule has 0 bridgehead atoms. The van der Waals surface area contributed by atoms with Crippen LogP contribution < -0.4 is 16.0 Å². The van der Waals surface area contributed by atoms with Crippen LogP contribution in [-0.4, -0.2) is 72.9 Å². The van der Waals surface area contributed by atoms with Gasteiger partial charge in [0.05, 0.1) is 18.6 Å². The summed E-state index contributed by atoms with van der Waals surface area (Å²) < 4.78 is 23.6. The van der Waals surface area contributed by atoms with Crippen LogP contribution >= 0.6 is 0 Å². The Balaban J connectivity index is 1.62. The maximum Gasteiger partial charge on any atom is 0.323 e. The zero-order valence-electron chi connectivity index (χ0n) is 22.7. The Labute approximate surface area is 234 Å². The Bertz CT molecular complexity index is 1330. The zero-order valence-corrected chi connectivity index (χ0v) is 23.5. The van der Waals surface area contributed by atoms with Crippen molar-refractivity contribution in [3.8, 4) is 0 Å². The highest BCUT2D eigenvalue weighted by molar-refractivity contribution is 7.90. The summed E-state index contributed by atoms with van der Waals surface area (Å²) in [6.07, 6.45) is 2.70. The van der Waals surface area contributed by atoms with E-state index in [4.69, 9.17) is 0 Å². The van der Waals surface area contributed by atoms with Gasteiger partial charge in [0.25, 0.3) is 0 Å². The second kappa shape index (κ2) is 13.9. The number of benzene rings is 2. The first-order valence-electron chi connectivity index (χ1n) is 13.1. The lowest BCUT2D eigenvalue weighted by Gasteiger charge is -2.37. The van der Waals surface area contributed by atoms with Gasteiger partial charge in [0, 0.05) is 30.2 Å². The van der Waals surface area contributed by atoms with E-state index in [2.05, 4.69) is 16.0 Å². The number of carbonyl (C=O) groups excluding carboxylic acids is 3. The molecule has 1 aliphatic rings. The van der Waals surface area contributed by atoms with Crippen LogP contribution in [0.5, 0.6) is 0 Å². The van der Waals surface area contributed by atoms with Crippen LogP contribution in [0.3, 0.4) is 0 Å². The highest BCUT2D eigenvalue weighted by Gasteiger charge is 2.33. The Morgan fingerprint density at radius 1 is 1.02 bits per heavy atom. The monoisotopic (exact) mass is 572 g/mol. The summed E-state index contributed by atoms with van der Waals surface area (Å²) >= 11 is 0. The molecule has 11 nitrogen and oxygen atoms in total. The standard InChI is InChI=1S/C28H36N4O7S/c1-19-7-3-4-9-23(19)31-28(37)29-21-12-10-20(11-13-21)17-25(33)30-24(14-16-40(2,38)39)27(36)32-15-6-5-8-22(32)18-26(34)35/h3-4,7,9-13,22,24H,5-6,8,14-18H2,1-2H3,(H,30,33)(H,34,35)(H2,29,31,37). The van der Waals surface area contributed by atoms with E-state index in [1.165, 1.54) is 4.90 Å². The molecule has 1 heterocycles. The lowest BCUT2D eigenvalue weighted by Crippen LogP contribution is -2.54. The second-order valence-electron chi connectivity index (χ2n) is 10.1. The summed E-state index contributed by atoms with van der Waals surface area (Å²) in [5.74, 6) is -2.27. The van der Waals surface area contributed by atoms with E-state index >= 15 is 0 Å². The minimum Gasteiger partial charge on any atom is -0.481 e. The number of carbonyl (C=O) groups is 4. The topological polar surface area (TPSA) is 162 Å². The zero-order chi connectivity index (χ0) is 29.3. The Kier molecular flexibility index (Phi) is 10.7. The predicted octanol–water partition coefficient (Wildman–Crippen LogP) is 2.96. The van der Waals surface area contributed by atoms with Crippen LogP contribution in [0.2, 0.25) is 0 Å². The molecule has 0 radical (unpaired) electrons. The number of likely N-dealkylation sites (tertiary alicyclic amines) is 1. The van der Waals surface area contributed by atoms with Gasteiger partial charge in [0.2, 0.25) is 11.8 Å². The van der Waals surface area contributed by atoms with Crippen LogP contribution in [0, 0.1) is 6.92 Å². The van der Waals surface area contributed by atoms with Crippen LogP contribution in [0.1, 0.15) is 43.2 Å². The molecule has 1 saturated heterocycles. The number of rotatable bonds is 11. The summed E-state index contributed by atoms with van der Waals surface area (Å²) in [5, 5.41) is 17.4. The van der Waals surface area contributed by atoms with Crippen LogP contribution in [0.25, 0.3) is 0 Å². The summed E-state index contributed by atoms with van der Waals surface area (Å²) in [6, 6.07) is 12.0. The molecule has 1 aliphatic heterocycles. The molecular formula is C28H36N4O7S. The van der Waals surface area contributed by atoms with E-state index in [0.717, 1.165) is 18.2 Å². The van der Waals surface area contributed by atoms with E-state index in [-0.39, 0.29) is 25.0 Å². The first kappa shape index (κ1) is 30.6. The van der Waals surface area contributed by atoms with Gasteiger partial charge in [0.1, 0.15) is 15.9 Å². The van der Waals surface area contributed by atoms with Gasteiger partial charge in [0.15, 0.2) is 0 Å². The molecule has 0 aliphatic carbocycles. The Morgan fingerprint density at radius 2 is 1.73 bits per heavy atom. The fourth-order valence-corrected chi connectivity index (χ4v) is 5.29. The highest BCUT2D eigenvalue weighted by atomic mass is 32.2. The van der Waals surface area contributed by atoms with E-state index in [1.807, 2.05) is 25.1 Å². The van der Waals surface area contributed by atoms with Crippen molar-refractivity contribution in [3.05, 3.63) is 59.7 Å². The number of hydrogen-bond acceptors (Lipinski definition) is 6. The Morgan fingerprint density at radius 3 is 2.38 bits per heavy atom. The molecule has 0 spiro atoms. The van der Waals surface area contributed by atoms with Crippen molar-refractivity contribution in [1.29, 1.82) is 0 Å². The maximum atomic E-state index is 13.4. The largest absolute Gasteiger partial charge is 0.481 e. The highest BCUT2D eigenvalue weighted by Crippen LogP contribution is 2.22. The molecule has 0 aromatic heterocycles. The molecule has 12 heteroatoms. The number of para-hydroxylation sites is 1. The Hall–Kier alpha value is -3.93. The van der Waals surface area contributed by atoms with Crippen molar-refractivity contribution in [2.45, 2.75) is 57.5 Å². The van der Waals surface area contributed by atoms with Gasteiger partial charge in [-0.25, -0.2) is 13.2 Å².